The predicted molar refractivity (Wildman–Crippen MR) is 84.3 cm³/mol. The summed E-state index contributed by atoms with van der Waals surface area (Å²) in [4.78, 5) is 4.41. The Morgan fingerprint density at radius 2 is 2.33 bits per heavy atom. The molecular weight excluding hydrogens is 264 g/mol. The molecule has 1 N–H and O–H groups in total. The summed E-state index contributed by atoms with van der Waals surface area (Å²) in [5.41, 5.74) is 0. The summed E-state index contributed by atoms with van der Waals surface area (Å²) in [5.74, 6) is 1.09. The Kier molecular flexibility index (Phi) is 7.16. The van der Waals surface area contributed by atoms with E-state index in [0.717, 1.165) is 51.2 Å². The molecule has 1 aromatic rings. The summed E-state index contributed by atoms with van der Waals surface area (Å²) in [6.45, 7) is 7.23. The van der Waals surface area contributed by atoms with Crippen LogP contribution in [0.5, 0.6) is 0 Å². The van der Waals surface area contributed by atoms with Gasteiger partial charge in [-0.3, -0.25) is 4.68 Å². The standard InChI is InChI=1S/C16H30N4O/c1-3-10-17-14(8-9-15-7-5-6-11-21-15)12-16-18-13-19-20(16)4-2/h13-15,17H,3-12H2,1-2H3. The third-order valence-corrected chi connectivity index (χ3v) is 4.22. The first-order valence-electron chi connectivity index (χ1n) is 8.55. The highest BCUT2D eigenvalue weighted by atomic mass is 16.5. The van der Waals surface area contributed by atoms with Crippen molar-refractivity contribution in [1.29, 1.82) is 0 Å². The number of aromatic nitrogens is 3. The van der Waals surface area contributed by atoms with E-state index in [1.165, 1.54) is 19.3 Å². The van der Waals surface area contributed by atoms with Crippen LogP contribution in [0.25, 0.3) is 0 Å². The lowest BCUT2D eigenvalue weighted by Crippen LogP contribution is -2.34. The number of nitrogens with zero attached hydrogens (tertiary/aromatic N) is 3. The Morgan fingerprint density at radius 3 is 3.05 bits per heavy atom. The summed E-state index contributed by atoms with van der Waals surface area (Å²) in [5, 5.41) is 7.93. The molecule has 0 amide bonds. The monoisotopic (exact) mass is 294 g/mol. The average molecular weight is 294 g/mol. The molecule has 2 heterocycles. The Balaban J connectivity index is 1.84. The van der Waals surface area contributed by atoms with E-state index in [1.54, 1.807) is 6.33 Å². The van der Waals surface area contributed by atoms with Crippen LogP contribution in [0.3, 0.4) is 0 Å². The zero-order chi connectivity index (χ0) is 14.9. The van der Waals surface area contributed by atoms with Crippen LogP contribution in [0.4, 0.5) is 0 Å². The van der Waals surface area contributed by atoms with E-state index in [2.05, 4.69) is 29.2 Å². The Labute approximate surface area is 128 Å². The van der Waals surface area contributed by atoms with Gasteiger partial charge in [0.15, 0.2) is 0 Å². The minimum Gasteiger partial charge on any atom is -0.378 e. The first-order valence-corrected chi connectivity index (χ1v) is 8.55. The zero-order valence-corrected chi connectivity index (χ0v) is 13.6. The van der Waals surface area contributed by atoms with Crippen molar-refractivity contribution in [2.24, 2.45) is 0 Å². The van der Waals surface area contributed by atoms with E-state index in [1.807, 2.05) is 4.68 Å². The molecule has 1 aliphatic rings. The highest BCUT2D eigenvalue weighted by Crippen LogP contribution is 2.18. The van der Waals surface area contributed by atoms with Gasteiger partial charge in [-0.25, -0.2) is 4.98 Å². The van der Waals surface area contributed by atoms with Crippen LogP contribution in [-0.4, -0.2) is 40.1 Å². The van der Waals surface area contributed by atoms with Crippen molar-refractivity contribution in [3.8, 4) is 0 Å². The minimum atomic E-state index is 0.466. The molecular formula is C16H30N4O. The number of aryl methyl sites for hydroxylation is 1. The Hall–Kier alpha value is -0.940. The second-order valence-electron chi connectivity index (χ2n) is 5.91. The van der Waals surface area contributed by atoms with Gasteiger partial charge in [-0.1, -0.05) is 6.92 Å². The molecule has 2 unspecified atom stereocenters. The van der Waals surface area contributed by atoms with Crippen molar-refractivity contribution in [2.75, 3.05) is 13.2 Å². The summed E-state index contributed by atoms with van der Waals surface area (Å²) in [6, 6.07) is 0.477. The highest BCUT2D eigenvalue weighted by Gasteiger charge is 2.18. The van der Waals surface area contributed by atoms with E-state index < -0.39 is 0 Å². The van der Waals surface area contributed by atoms with Crippen molar-refractivity contribution in [3.63, 3.8) is 0 Å². The maximum Gasteiger partial charge on any atom is 0.138 e. The lowest BCUT2D eigenvalue weighted by molar-refractivity contribution is 0.00854. The van der Waals surface area contributed by atoms with Gasteiger partial charge in [-0.05, 0) is 52.0 Å². The predicted octanol–water partition coefficient (Wildman–Crippen LogP) is 2.56. The second-order valence-corrected chi connectivity index (χ2v) is 5.91. The molecule has 120 valence electrons. The molecule has 1 fully saturated rings. The molecule has 1 aliphatic heterocycles. The van der Waals surface area contributed by atoms with Gasteiger partial charge in [0, 0.05) is 25.6 Å². The highest BCUT2D eigenvalue weighted by molar-refractivity contribution is 4.90. The van der Waals surface area contributed by atoms with Gasteiger partial charge >= 0.3 is 0 Å². The molecule has 0 saturated carbocycles. The van der Waals surface area contributed by atoms with Gasteiger partial charge in [0.1, 0.15) is 12.2 Å². The summed E-state index contributed by atoms with van der Waals surface area (Å²) >= 11 is 0. The van der Waals surface area contributed by atoms with E-state index in [4.69, 9.17) is 4.74 Å². The van der Waals surface area contributed by atoms with Gasteiger partial charge in [-0.2, -0.15) is 5.10 Å². The zero-order valence-electron chi connectivity index (χ0n) is 13.6. The van der Waals surface area contributed by atoms with E-state index in [0.29, 0.717) is 12.1 Å². The van der Waals surface area contributed by atoms with Crippen LogP contribution in [-0.2, 0) is 17.7 Å². The molecule has 0 aliphatic carbocycles. The molecule has 0 radical (unpaired) electrons. The minimum absolute atomic E-state index is 0.466. The quantitative estimate of drug-likeness (QED) is 0.760. The normalized spacial score (nSPS) is 20.6. The third-order valence-electron chi connectivity index (χ3n) is 4.22. The second kappa shape index (κ2) is 9.15. The number of hydrogen-bond donors (Lipinski definition) is 1. The third kappa shape index (κ3) is 5.40. The van der Waals surface area contributed by atoms with Gasteiger partial charge in [0.2, 0.25) is 0 Å². The van der Waals surface area contributed by atoms with Crippen molar-refractivity contribution in [2.45, 2.75) is 77.5 Å². The van der Waals surface area contributed by atoms with E-state index in [-0.39, 0.29) is 0 Å². The SMILES string of the molecule is CCCNC(CCC1CCCCO1)Cc1ncnn1CC. The molecule has 5 heteroatoms. The smallest absolute Gasteiger partial charge is 0.138 e. The average Bonchev–Trinajstić information content (AvgIpc) is 2.98. The molecule has 0 aromatic carbocycles. The Bertz CT molecular complexity index is 387. The van der Waals surface area contributed by atoms with Crippen LogP contribution >= 0.6 is 0 Å². The van der Waals surface area contributed by atoms with Crippen molar-refractivity contribution < 1.29 is 4.74 Å². The summed E-state index contributed by atoms with van der Waals surface area (Å²) in [6.07, 6.45) is 10.3. The molecule has 1 aromatic heterocycles. The first-order chi connectivity index (χ1) is 10.3. The van der Waals surface area contributed by atoms with Crippen LogP contribution < -0.4 is 5.32 Å². The fraction of sp³-hybridized carbons (Fsp3) is 0.875. The molecule has 1 saturated heterocycles. The van der Waals surface area contributed by atoms with Gasteiger partial charge in [0.05, 0.1) is 6.10 Å². The number of nitrogens with one attached hydrogen (secondary N) is 1. The maximum atomic E-state index is 5.85. The van der Waals surface area contributed by atoms with Crippen LogP contribution in [0, 0.1) is 0 Å². The number of hydrogen-bond acceptors (Lipinski definition) is 4. The van der Waals surface area contributed by atoms with Gasteiger partial charge in [-0.15, -0.1) is 0 Å². The fourth-order valence-electron chi connectivity index (χ4n) is 2.98. The molecule has 0 bridgehead atoms. The van der Waals surface area contributed by atoms with E-state index in [9.17, 15) is 0 Å². The Morgan fingerprint density at radius 1 is 1.43 bits per heavy atom. The van der Waals surface area contributed by atoms with Gasteiger partial charge < -0.3 is 10.1 Å². The number of rotatable bonds is 9. The molecule has 2 rings (SSSR count). The maximum absolute atomic E-state index is 5.85. The van der Waals surface area contributed by atoms with Crippen molar-refractivity contribution in [1.82, 2.24) is 20.1 Å². The lowest BCUT2D eigenvalue weighted by Gasteiger charge is -2.25. The molecule has 2 atom stereocenters. The van der Waals surface area contributed by atoms with Gasteiger partial charge in [0.25, 0.3) is 0 Å². The van der Waals surface area contributed by atoms with Crippen LogP contribution in [0.15, 0.2) is 6.33 Å². The molecule has 5 nitrogen and oxygen atoms in total. The fourth-order valence-corrected chi connectivity index (χ4v) is 2.98. The van der Waals surface area contributed by atoms with Crippen molar-refractivity contribution in [3.05, 3.63) is 12.2 Å². The lowest BCUT2D eigenvalue weighted by atomic mass is 10.00. The summed E-state index contributed by atoms with van der Waals surface area (Å²) in [7, 11) is 0. The molecule has 0 spiro atoms. The number of ether oxygens (including phenoxy) is 1. The van der Waals surface area contributed by atoms with E-state index >= 15 is 0 Å². The van der Waals surface area contributed by atoms with Crippen molar-refractivity contribution >= 4 is 0 Å². The molecule has 21 heavy (non-hydrogen) atoms. The topological polar surface area (TPSA) is 52.0 Å². The summed E-state index contributed by atoms with van der Waals surface area (Å²) < 4.78 is 7.85. The first kappa shape index (κ1) is 16.4. The van der Waals surface area contributed by atoms with Crippen LogP contribution in [0.1, 0.15) is 58.2 Å². The largest absolute Gasteiger partial charge is 0.378 e. The van der Waals surface area contributed by atoms with Crippen LogP contribution in [0.2, 0.25) is 0 Å².